The maximum absolute atomic E-state index is 15.3. The first-order valence-corrected chi connectivity index (χ1v) is 16.9. The molecule has 2 heterocycles. The Labute approximate surface area is 293 Å². The molecule has 0 aliphatic carbocycles. The number of halogens is 1. The Balaban J connectivity index is 1.41. The molecule has 1 atom stereocenters. The number of piperazine rings is 1. The number of benzene rings is 3. The largest absolute Gasteiger partial charge is 0.493 e. The van der Waals surface area contributed by atoms with Crippen LogP contribution < -0.4 is 30.3 Å². The lowest BCUT2D eigenvalue weighted by Crippen LogP contribution is -2.44. The third-order valence-corrected chi connectivity index (χ3v) is 8.86. The topological polar surface area (TPSA) is 121 Å². The van der Waals surface area contributed by atoms with Gasteiger partial charge in [-0.05, 0) is 87.7 Å². The second-order valence-electron chi connectivity index (χ2n) is 12.7. The van der Waals surface area contributed by atoms with Crippen LogP contribution in [0.1, 0.15) is 53.7 Å². The number of rotatable bonds is 13. The summed E-state index contributed by atoms with van der Waals surface area (Å²) in [6.45, 7) is 11.0. The smallest absolute Gasteiger partial charge is 0.262 e. The van der Waals surface area contributed by atoms with Crippen LogP contribution >= 0.6 is 0 Å². The normalized spacial score (nSPS) is 13.8. The van der Waals surface area contributed by atoms with Crippen LogP contribution in [0.5, 0.6) is 17.4 Å². The van der Waals surface area contributed by atoms with Gasteiger partial charge >= 0.3 is 0 Å². The average molecular weight is 684 g/mol. The maximum atomic E-state index is 15.3. The molecule has 1 fully saturated rings. The number of ether oxygens (including phenoxy) is 2. The second-order valence-corrected chi connectivity index (χ2v) is 12.7. The number of likely N-dealkylation sites (N-methyl/N-ethyl adjacent to an activating group) is 1. The molecule has 0 saturated carbocycles. The van der Waals surface area contributed by atoms with Gasteiger partial charge in [-0.25, -0.2) is 9.37 Å². The lowest BCUT2D eigenvalue weighted by Gasteiger charge is -2.34. The van der Waals surface area contributed by atoms with Gasteiger partial charge in [-0.3, -0.25) is 9.59 Å². The van der Waals surface area contributed by atoms with Crippen LogP contribution in [0.2, 0.25) is 0 Å². The molecule has 1 aliphatic heterocycles. The van der Waals surface area contributed by atoms with Crippen molar-refractivity contribution in [1.29, 1.82) is 0 Å². The highest BCUT2D eigenvalue weighted by atomic mass is 19.1. The Morgan fingerprint density at radius 3 is 2.42 bits per heavy atom. The van der Waals surface area contributed by atoms with E-state index >= 15 is 4.39 Å². The number of carbonyl (C=O) groups is 2. The summed E-state index contributed by atoms with van der Waals surface area (Å²) < 4.78 is 27.2. The molecule has 0 radical (unpaired) electrons. The summed E-state index contributed by atoms with van der Waals surface area (Å²) in [6.07, 6.45) is 3.07. The number of amides is 2. The summed E-state index contributed by atoms with van der Waals surface area (Å²) in [5, 5.41) is 9.01. The van der Waals surface area contributed by atoms with Crippen LogP contribution in [0.3, 0.4) is 0 Å². The van der Waals surface area contributed by atoms with Crippen molar-refractivity contribution in [2.45, 2.75) is 53.0 Å². The summed E-state index contributed by atoms with van der Waals surface area (Å²) in [7, 11) is 3.57. The number of aromatic nitrogens is 2. The summed E-state index contributed by atoms with van der Waals surface area (Å²) in [5.74, 6) is -0.0439. The van der Waals surface area contributed by atoms with E-state index in [1.54, 1.807) is 24.3 Å². The maximum Gasteiger partial charge on any atom is 0.262 e. The number of methoxy groups -OCH3 is 1. The monoisotopic (exact) mass is 683 g/mol. The molecule has 0 unspecified atom stereocenters. The highest BCUT2D eigenvalue weighted by Crippen LogP contribution is 2.35. The molecule has 0 spiro atoms. The Morgan fingerprint density at radius 2 is 1.74 bits per heavy atom. The van der Waals surface area contributed by atoms with E-state index in [0.29, 0.717) is 41.4 Å². The summed E-state index contributed by atoms with van der Waals surface area (Å²) >= 11 is 0. The molecule has 2 amide bonds. The van der Waals surface area contributed by atoms with Gasteiger partial charge < -0.3 is 35.2 Å². The van der Waals surface area contributed by atoms with Gasteiger partial charge in [0.05, 0.1) is 12.8 Å². The van der Waals surface area contributed by atoms with Gasteiger partial charge in [0.1, 0.15) is 11.4 Å². The summed E-state index contributed by atoms with van der Waals surface area (Å²) in [5.41, 5.74) is 4.43. The molecule has 12 heteroatoms. The van der Waals surface area contributed by atoms with Crippen LogP contribution in [0.15, 0.2) is 60.8 Å². The van der Waals surface area contributed by atoms with Gasteiger partial charge in [-0.1, -0.05) is 31.2 Å². The van der Waals surface area contributed by atoms with Gasteiger partial charge in [-0.2, -0.15) is 4.98 Å². The fraction of sp³-hybridized carbons (Fsp3) is 0.368. The van der Waals surface area contributed by atoms with E-state index in [2.05, 4.69) is 37.9 Å². The number of anilines is 4. The molecule has 11 nitrogen and oxygen atoms in total. The van der Waals surface area contributed by atoms with Crippen LogP contribution in [-0.2, 0) is 11.2 Å². The van der Waals surface area contributed by atoms with E-state index in [0.717, 1.165) is 49.3 Å². The zero-order valence-corrected chi connectivity index (χ0v) is 29.6. The zero-order chi connectivity index (χ0) is 35.8. The van der Waals surface area contributed by atoms with Crippen molar-refractivity contribution in [2.24, 2.45) is 0 Å². The predicted molar refractivity (Wildman–Crippen MR) is 195 cm³/mol. The van der Waals surface area contributed by atoms with Gasteiger partial charge in [-0.15, -0.1) is 0 Å². The van der Waals surface area contributed by atoms with E-state index < -0.39 is 5.91 Å². The van der Waals surface area contributed by atoms with Crippen molar-refractivity contribution in [3.8, 4) is 17.4 Å². The van der Waals surface area contributed by atoms with E-state index in [-0.39, 0.29) is 35.2 Å². The highest BCUT2D eigenvalue weighted by molar-refractivity contribution is 6.06. The van der Waals surface area contributed by atoms with Crippen LogP contribution in [0.25, 0.3) is 0 Å². The van der Waals surface area contributed by atoms with Crippen LogP contribution in [0.4, 0.5) is 27.4 Å². The SMILES string of the molecule is CC[C@H](C)NC(=O)CCc1ccc(Oc2nc(Nc3ccc(N4CCN(C)CC4)c(F)c3)ncc2C(=O)Nc2c(C)cccc2C)c(OC)c1. The van der Waals surface area contributed by atoms with E-state index in [4.69, 9.17) is 9.47 Å². The molecule has 4 aromatic rings. The third-order valence-electron chi connectivity index (χ3n) is 8.86. The molecular weight excluding hydrogens is 637 g/mol. The van der Waals surface area contributed by atoms with Gasteiger partial charge in [0.25, 0.3) is 5.91 Å². The van der Waals surface area contributed by atoms with Crippen molar-refractivity contribution < 1.29 is 23.5 Å². The molecule has 3 N–H and O–H groups in total. The number of nitrogens with one attached hydrogen (secondary N) is 3. The Kier molecular flexibility index (Phi) is 11.9. The molecule has 1 saturated heterocycles. The Bertz CT molecular complexity index is 1810. The summed E-state index contributed by atoms with van der Waals surface area (Å²) in [6, 6.07) is 16.1. The molecule has 1 aromatic heterocycles. The predicted octanol–water partition coefficient (Wildman–Crippen LogP) is 6.63. The third kappa shape index (κ3) is 9.06. The number of nitrogens with zero attached hydrogens (tertiary/aromatic N) is 4. The molecule has 264 valence electrons. The number of aryl methyl sites for hydroxylation is 3. The quantitative estimate of drug-likeness (QED) is 0.143. The van der Waals surface area contributed by atoms with E-state index in [9.17, 15) is 9.59 Å². The number of para-hydroxylation sites is 1. The van der Waals surface area contributed by atoms with Crippen LogP contribution in [0, 0.1) is 19.7 Å². The zero-order valence-electron chi connectivity index (χ0n) is 29.6. The van der Waals surface area contributed by atoms with E-state index in [1.807, 2.05) is 56.9 Å². The van der Waals surface area contributed by atoms with Gasteiger partial charge in [0.15, 0.2) is 11.5 Å². The lowest BCUT2D eigenvalue weighted by molar-refractivity contribution is -0.121. The average Bonchev–Trinajstić information content (AvgIpc) is 3.10. The second kappa shape index (κ2) is 16.4. The standard InChI is InChI=1S/C38H46FN7O4/c1-7-26(4)41-34(47)16-12-27-11-15-32(33(21-27)49-6)50-37-29(36(48)43-35-24(2)9-8-10-25(35)3)23-40-38(44-37)42-28-13-14-31(30(39)22-28)46-19-17-45(5)18-20-46/h8-11,13-15,21-23,26H,7,12,16-20H2,1-6H3,(H,41,47)(H,43,48)(H,40,42,44)/t26-/m0/s1. The minimum absolute atomic E-state index is 0.0203. The molecule has 5 rings (SSSR count). The van der Waals surface area contributed by atoms with Gasteiger partial charge in [0.2, 0.25) is 17.7 Å². The molecule has 50 heavy (non-hydrogen) atoms. The van der Waals surface area contributed by atoms with Crippen molar-refractivity contribution in [2.75, 3.05) is 55.9 Å². The molecule has 0 bridgehead atoms. The Morgan fingerprint density at radius 1 is 1.00 bits per heavy atom. The van der Waals surface area contributed by atoms with Crippen molar-refractivity contribution in [3.05, 3.63) is 88.9 Å². The lowest BCUT2D eigenvalue weighted by atomic mass is 10.1. The number of hydrogen-bond acceptors (Lipinski definition) is 9. The first kappa shape index (κ1) is 36.1. The molecular formula is C38H46FN7O4. The number of hydrogen-bond donors (Lipinski definition) is 3. The first-order valence-electron chi connectivity index (χ1n) is 16.9. The van der Waals surface area contributed by atoms with Crippen molar-refractivity contribution >= 4 is 34.8 Å². The minimum atomic E-state index is -0.463. The van der Waals surface area contributed by atoms with E-state index in [1.165, 1.54) is 19.4 Å². The van der Waals surface area contributed by atoms with Crippen molar-refractivity contribution in [1.82, 2.24) is 20.2 Å². The number of carbonyl (C=O) groups excluding carboxylic acids is 2. The fourth-order valence-corrected chi connectivity index (χ4v) is 5.63. The minimum Gasteiger partial charge on any atom is -0.493 e. The summed E-state index contributed by atoms with van der Waals surface area (Å²) in [4.78, 5) is 39.2. The molecule has 1 aliphatic rings. The van der Waals surface area contributed by atoms with Gasteiger partial charge in [0, 0.05) is 56.2 Å². The van der Waals surface area contributed by atoms with Crippen molar-refractivity contribution in [3.63, 3.8) is 0 Å². The highest BCUT2D eigenvalue weighted by Gasteiger charge is 2.22. The first-order chi connectivity index (χ1) is 24.0. The Hall–Kier alpha value is -5.23. The fourth-order valence-electron chi connectivity index (χ4n) is 5.63. The molecule has 3 aromatic carbocycles. The van der Waals surface area contributed by atoms with Crippen LogP contribution in [-0.4, -0.2) is 73.1 Å².